The molecule has 1 aliphatic heterocycles. The summed E-state index contributed by atoms with van der Waals surface area (Å²) in [6, 6.07) is 17.1. The van der Waals surface area contributed by atoms with Crippen molar-refractivity contribution < 1.29 is 19.1 Å². The van der Waals surface area contributed by atoms with Gasteiger partial charge in [0.1, 0.15) is 5.75 Å². The van der Waals surface area contributed by atoms with Crippen molar-refractivity contribution in [2.75, 3.05) is 6.54 Å². The highest BCUT2D eigenvalue weighted by Gasteiger charge is 2.33. The van der Waals surface area contributed by atoms with Gasteiger partial charge in [0.25, 0.3) is 11.8 Å². The topological polar surface area (TPSA) is 63.7 Å². The molecule has 0 radical (unpaired) electrons. The fourth-order valence-corrected chi connectivity index (χ4v) is 5.37. The normalized spacial score (nSPS) is 16.2. The summed E-state index contributed by atoms with van der Waals surface area (Å²) in [6.07, 6.45) is 6.53. The SMILES string of the molecule is Cc1ccccc1OC(=O)CCCN1C(=O)c2cccc3c(C4CCCCC4)ccc(c23)C1=O. The lowest BCUT2D eigenvalue weighted by Gasteiger charge is -2.29. The maximum atomic E-state index is 13.3. The molecule has 2 aliphatic rings. The van der Waals surface area contributed by atoms with Gasteiger partial charge in [-0.1, -0.05) is 55.7 Å². The first kappa shape index (κ1) is 22.3. The summed E-state index contributed by atoms with van der Waals surface area (Å²) < 4.78 is 5.43. The lowest BCUT2D eigenvalue weighted by Crippen LogP contribution is -2.41. The molecule has 2 amide bonds. The number of rotatable bonds is 6. The summed E-state index contributed by atoms with van der Waals surface area (Å²) in [6.45, 7) is 2.06. The molecule has 1 heterocycles. The highest BCUT2D eigenvalue weighted by Crippen LogP contribution is 2.40. The van der Waals surface area contributed by atoms with E-state index < -0.39 is 0 Å². The van der Waals surface area contributed by atoms with E-state index >= 15 is 0 Å². The van der Waals surface area contributed by atoms with Crippen LogP contribution in [0.15, 0.2) is 54.6 Å². The number of imide groups is 1. The van der Waals surface area contributed by atoms with Crippen LogP contribution in [0.3, 0.4) is 0 Å². The van der Waals surface area contributed by atoms with E-state index in [4.69, 9.17) is 4.74 Å². The maximum absolute atomic E-state index is 13.3. The van der Waals surface area contributed by atoms with Crippen LogP contribution < -0.4 is 4.74 Å². The van der Waals surface area contributed by atoms with E-state index in [0.29, 0.717) is 29.2 Å². The Morgan fingerprint density at radius 3 is 2.41 bits per heavy atom. The van der Waals surface area contributed by atoms with Crippen LogP contribution in [0.2, 0.25) is 0 Å². The molecule has 3 aromatic carbocycles. The lowest BCUT2D eigenvalue weighted by molar-refractivity contribution is -0.134. The number of carbonyl (C=O) groups is 3. The molecule has 0 unspecified atom stereocenters. The zero-order valence-corrected chi connectivity index (χ0v) is 19.5. The Morgan fingerprint density at radius 2 is 1.65 bits per heavy atom. The Bertz CT molecular complexity index is 1250. The summed E-state index contributed by atoms with van der Waals surface area (Å²) >= 11 is 0. The number of ether oxygens (including phenoxy) is 1. The molecule has 0 saturated heterocycles. The number of carbonyl (C=O) groups excluding carboxylic acids is 3. The maximum Gasteiger partial charge on any atom is 0.311 e. The Kier molecular flexibility index (Phi) is 6.18. The standard InChI is InChI=1S/C29H29NO4/c1-19-9-5-6-14-25(19)34-26(31)15-8-18-30-28(32)23-13-7-12-22-21(20-10-3-2-4-11-20)16-17-24(27(22)23)29(30)33/h5-7,9,12-14,16-17,20H,2-4,8,10-11,15,18H2,1H3. The number of amides is 2. The average molecular weight is 456 g/mol. The molecule has 34 heavy (non-hydrogen) atoms. The van der Waals surface area contributed by atoms with E-state index in [-0.39, 0.29) is 30.7 Å². The van der Waals surface area contributed by atoms with Crippen molar-refractivity contribution in [2.45, 2.75) is 57.8 Å². The van der Waals surface area contributed by atoms with Crippen molar-refractivity contribution in [3.63, 3.8) is 0 Å². The van der Waals surface area contributed by atoms with Crippen molar-refractivity contribution >= 4 is 28.6 Å². The van der Waals surface area contributed by atoms with Crippen LogP contribution in [0.5, 0.6) is 5.75 Å². The zero-order valence-electron chi connectivity index (χ0n) is 19.5. The number of para-hydroxylation sites is 1. The van der Waals surface area contributed by atoms with Gasteiger partial charge >= 0.3 is 5.97 Å². The van der Waals surface area contributed by atoms with Crippen molar-refractivity contribution in [1.29, 1.82) is 0 Å². The van der Waals surface area contributed by atoms with Crippen LogP contribution in [0, 0.1) is 6.92 Å². The van der Waals surface area contributed by atoms with Crippen molar-refractivity contribution in [3.8, 4) is 5.75 Å². The summed E-state index contributed by atoms with van der Waals surface area (Å²) in [5, 5.41) is 1.82. The van der Waals surface area contributed by atoms with Crippen molar-refractivity contribution in [3.05, 3.63) is 76.9 Å². The summed E-state index contributed by atoms with van der Waals surface area (Å²) in [7, 11) is 0. The second-order valence-corrected chi connectivity index (χ2v) is 9.37. The van der Waals surface area contributed by atoms with Crippen molar-refractivity contribution in [2.24, 2.45) is 0 Å². The number of esters is 1. The fraction of sp³-hybridized carbons (Fsp3) is 0.345. The fourth-order valence-electron chi connectivity index (χ4n) is 5.37. The molecule has 3 aromatic rings. The molecular formula is C29H29NO4. The molecule has 0 aromatic heterocycles. The molecule has 1 aliphatic carbocycles. The minimum absolute atomic E-state index is 0.128. The van der Waals surface area contributed by atoms with Gasteiger partial charge in [-0.15, -0.1) is 0 Å². The minimum atomic E-state index is -0.370. The van der Waals surface area contributed by atoms with Gasteiger partial charge in [-0.25, -0.2) is 0 Å². The van der Waals surface area contributed by atoms with E-state index in [0.717, 1.165) is 29.2 Å². The van der Waals surface area contributed by atoms with Gasteiger partial charge in [0.15, 0.2) is 0 Å². The number of nitrogens with zero attached hydrogens (tertiary/aromatic N) is 1. The molecule has 5 heteroatoms. The van der Waals surface area contributed by atoms with Gasteiger partial charge in [0.05, 0.1) is 0 Å². The Hall–Kier alpha value is -3.47. The molecule has 5 nitrogen and oxygen atoms in total. The molecule has 1 fully saturated rings. The minimum Gasteiger partial charge on any atom is -0.426 e. The summed E-state index contributed by atoms with van der Waals surface area (Å²) in [5.74, 6) is 0.0886. The second-order valence-electron chi connectivity index (χ2n) is 9.37. The molecule has 0 bridgehead atoms. The van der Waals surface area contributed by atoms with E-state index in [1.54, 1.807) is 6.07 Å². The average Bonchev–Trinajstić information content (AvgIpc) is 2.86. The van der Waals surface area contributed by atoms with E-state index in [1.807, 2.05) is 49.4 Å². The number of hydrogen-bond acceptors (Lipinski definition) is 4. The molecule has 1 saturated carbocycles. The van der Waals surface area contributed by atoms with Gasteiger partial charge < -0.3 is 4.74 Å². The quantitative estimate of drug-likeness (QED) is 0.253. The third kappa shape index (κ3) is 4.11. The van der Waals surface area contributed by atoms with Gasteiger partial charge in [-0.2, -0.15) is 0 Å². The third-order valence-electron chi connectivity index (χ3n) is 7.15. The number of benzene rings is 3. The first-order valence-electron chi connectivity index (χ1n) is 12.2. The van der Waals surface area contributed by atoms with Crippen LogP contribution >= 0.6 is 0 Å². The highest BCUT2D eigenvalue weighted by molar-refractivity contribution is 6.25. The third-order valence-corrected chi connectivity index (χ3v) is 7.15. The Balaban J connectivity index is 1.33. The van der Waals surface area contributed by atoms with Crippen LogP contribution in [-0.2, 0) is 4.79 Å². The number of hydrogen-bond donors (Lipinski definition) is 0. The molecule has 0 N–H and O–H groups in total. The van der Waals surface area contributed by atoms with Crippen LogP contribution in [0.4, 0.5) is 0 Å². The molecule has 5 rings (SSSR count). The summed E-state index contributed by atoms with van der Waals surface area (Å²) in [4.78, 5) is 40.2. The van der Waals surface area contributed by atoms with Gasteiger partial charge in [0, 0.05) is 29.5 Å². The number of aryl methyl sites for hydroxylation is 1. The van der Waals surface area contributed by atoms with Crippen LogP contribution in [0.25, 0.3) is 10.8 Å². The predicted molar refractivity (Wildman–Crippen MR) is 131 cm³/mol. The van der Waals surface area contributed by atoms with Crippen LogP contribution in [0.1, 0.15) is 82.7 Å². The monoisotopic (exact) mass is 455 g/mol. The lowest BCUT2D eigenvalue weighted by atomic mass is 9.80. The van der Waals surface area contributed by atoms with Gasteiger partial charge in [0.2, 0.25) is 0 Å². The first-order valence-corrected chi connectivity index (χ1v) is 12.2. The van der Waals surface area contributed by atoms with E-state index in [2.05, 4.69) is 6.07 Å². The second kappa shape index (κ2) is 9.41. The predicted octanol–water partition coefficient (Wildman–Crippen LogP) is 6.18. The van der Waals surface area contributed by atoms with Crippen LogP contribution in [-0.4, -0.2) is 29.2 Å². The van der Waals surface area contributed by atoms with Crippen molar-refractivity contribution in [1.82, 2.24) is 4.90 Å². The first-order chi connectivity index (χ1) is 16.5. The molecule has 0 spiro atoms. The highest BCUT2D eigenvalue weighted by atomic mass is 16.5. The smallest absolute Gasteiger partial charge is 0.311 e. The van der Waals surface area contributed by atoms with Gasteiger partial charge in [-0.3, -0.25) is 19.3 Å². The Morgan fingerprint density at radius 1 is 0.912 bits per heavy atom. The molecule has 0 atom stereocenters. The van der Waals surface area contributed by atoms with Gasteiger partial charge in [-0.05, 0) is 66.8 Å². The largest absolute Gasteiger partial charge is 0.426 e. The summed E-state index contributed by atoms with van der Waals surface area (Å²) in [5.41, 5.74) is 3.29. The molecule has 174 valence electrons. The zero-order chi connectivity index (χ0) is 23.7. The molecular weight excluding hydrogens is 426 g/mol. The van der Waals surface area contributed by atoms with E-state index in [9.17, 15) is 14.4 Å². The van der Waals surface area contributed by atoms with E-state index in [1.165, 1.54) is 29.7 Å². The Labute approximate surface area is 199 Å².